The number of fused-ring (bicyclic) bond motifs is 1. The first-order valence-electron chi connectivity index (χ1n) is 8.17. The molecule has 1 aliphatic heterocycles. The van der Waals surface area contributed by atoms with Crippen molar-refractivity contribution < 1.29 is 9.59 Å². The molecule has 4 heteroatoms. The molecule has 2 fully saturated rings. The summed E-state index contributed by atoms with van der Waals surface area (Å²) in [5.74, 6) is 0.647. The topological polar surface area (TPSA) is 49.4 Å². The fourth-order valence-electron chi connectivity index (χ4n) is 3.70. The number of carbonyl (C=O) groups excluding carboxylic acids is 2. The Hall–Kier alpha value is -0.900. The third-order valence-corrected chi connectivity index (χ3v) is 4.69. The molecular weight excluding hydrogens is 252 g/mol. The van der Waals surface area contributed by atoms with Gasteiger partial charge in [0.25, 0.3) is 0 Å². The van der Waals surface area contributed by atoms with Crippen LogP contribution in [0.5, 0.6) is 0 Å². The number of amides is 2. The van der Waals surface area contributed by atoms with Crippen LogP contribution in [0.3, 0.4) is 0 Å². The van der Waals surface area contributed by atoms with Gasteiger partial charge in [-0.15, -0.1) is 0 Å². The molecule has 4 nitrogen and oxygen atoms in total. The summed E-state index contributed by atoms with van der Waals surface area (Å²) < 4.78 is 0. The largest absolute Gasteiger partial charge is 0.312 e. The highest BCUT2D eigenvalue weighted by Crippen LogP contribution is 2.42. The lowest BCUT2D eigenvalue weighted by atomic mass is 10.00. The zero-order chi connectivity index (χ0) is 14.7. The van der Waals surface area contributed by atoms with Gasteiger partial charge in [0, 0.05) is 12.6 Å². The molecule has 3 unspecified atom stereocenters. The maximum atomic E-state index is 12.4. The Morgan fingerprint density at radius 2 is 1.75 bits per heavy atom. The number of nitrogens with zero attached hydrogens (tertiary/aromatic N) is 1. The van der Waals surface area contributed by atoms with E-state index in [1.54, 1.807) is 4.90 Å². The van der Waals surface area contributed by atoms with E-state index in [0.29, 0.717) is 12.5 Å². The summed E-state index contributed by atoms with van der Waals surface area (Å²) in [5.41, 5.74) is 0. The van der Waals surface area contributed by atoms with Crippen LogP contribution in [-0.4, -0.2) is 35.8 Å². The van der Waals surface area contributed by atoms with Crippen molar-refractivity contribution in [2.24, 2.45) is 17.8 Å². The van der Waals surface area contributed by atoms with Crippen molar-refractivity contribution in [1.82, 2.24) is 10.2 Å². The molecule has 0 spiro atoms. The Bertz CT molecular complexity index is 345. The molecule has 114 valence electrons. The number of carbonyl (C=O) groups is 2. The Labute approximate surface area is 122 Å². The molecule has 3 atom stereocenters. The van der Waals surface area contributed by atoms with Crippen LogP contribution in [0.25, 0.3) is 0 Å². The van der Waals surface area contributed by atoms with Crippen LogP contribution in [0, 0.1) is 17.8 Å². The van der Waals surface area contributed by atoms with Crippen LogP contribution in [0.15, 0.2) is 0 Å². The second-order valence-corrected chi connectivity index (χ2v) is 6.52. The maximum Gasteiger partial charge on any atom is 0.233 e. The minimum atomic E-state index is -0.0223. The minimum absolute atomic E-state index is 0.0223. The van der Waals surface area contributed by atoms with Crippen molar-refractivity contribution >= 4 is 11.8 Å². The molecule has 1 N–H and O–H groups in total. The lowest BCUT2D eigenvalue weighted by Crippen LogP contribution is -2.44. The SMILES string of the molecule is CCCNC(CCC)CN1C(=O)C2CC(C)CC2C1=O. The summed E-state index contributed by atoms with van der Waals surface area (Å²) in [7, 11) is 0. The van der Waals surface area contributed by atoms with Gasteiger partial charge in [-0.25, -0.2) is 0 Å². The Morgan fingerprint density at radius 3 is 2.25 bits per heavy atom. The summed E-state index contributed by atoms with van der Waals surface area (Å²) in [6, 6.07) is 0.254. The molecule has 1 heterocycles. The number of likely N-dealkylation sites (tertiary alicyclic amines) is 1. The monoisotopic (exact) mass is 280 g/mol. The highest BCUT2D eigenvalue weighted by Gasteiger charge is 2.51. The first-order chi connectivity index (χ1) is 9.58. The summed E-state index contributed by atoms with van der Waals surface area (Å²) >= 11 is 0. The Balaban J connectivity index is 1.98. The normalized spacial score (nSPS) is 30.9. The van der Waals surface area contributed by atoms with E-state index >= 15 is 0 Å². The van der Waals surface area contributed by atoms with Gasteiger partial charge in [-0.05, 0) is 38.1 Å². The van der Waals surface area contributed by atoms with Gasteiger partial charge in [-0.1, -0.05) is 27.2 Å². The summed E-state index contributed by atoms with van der Waals surface area (Å²) in [5, 5.41) is 3.47. The second-order valence-electron chi connectivity index (χ2n) is 6.52. The van der Waals surface area contributed by atoms with Crippen molar-refractivity contribution in [2.75, 3.05) is 13.1 Å². The van der Waals surface area contributed by atoms with Gasteiger partial charge in [-0.3, -0.25) is 14.5 Å². The van der Waals surface area contributed by atoms with E-state index in [-0.39, 0.29) is 29.7 Å². The van der Waals surface area contributed by atoms with Crippen LogP contribution >= 0.6 is 0 Å². The Morgan fingerprint density at radius 1 is 1.15 bits per heavy atom. The summed E-state index contributed by atoms with van der Waals surface area (Å²) in [4.78, 5) is 26.4. The average Bonchev–Trinajstić information content (AvgIpc) is 2.90. The molecule has 2 rings (SSSR count). The van der Waals surface area contributed by atoms with E-state index in [1.807, 2.05) is 0 Å². The van der Waals surface area contributed by atoms with Gasteiger partial charge in [0.1, 0.15) is 0 Å². The van der Waals surface area contributed by atoms with Crippen LogP contribution in [0.2, 0.25) is 0 Å². The van der Waals surface area contributed by atoms with Gasteiger partial charge in [0.05, 0.1) is 11.8 Å². The highest BCUT2D eigenvalue weighted by molar-refractivity contribution is 6.05. The van der Waals surface area contributed by atoms with E-state index in [1.165, 1.54) is 0 Å². The molecule has 20 heavy (non-hydrogen) atoms. The molecule has 2 amide bonds. The molecule has 0 aromatic rings. The van der Waals surface area contributed by atoms with Crippen molar-refractivity contribution in [3.05, 3.63) is 0 Å². The van der Waals surface area contributed by atoms with Crippen LogP contribution in [0.1, 0.15) is 52.9 Å². The molecule has 1 saturated heterocycles. The zero-order valence-electron chi connectivity index (χ0n) is 13.0. The zero-order valence-corrected chi connectivity index (χ0v) is 13.0. The third kappa shape index (κ3) is 3.05. The van der Waals surface area contributed by atoms with Crippen molar-refractivity contribution in [3.63, 3.8) is 0 Å². The summed E-state index contributed by atoms with van der Waals surface area (Å²) in [6.07, 6.45) is 4.95. The molecule has 2 aliphatic rings. The fourth-order valence-corrected chi connectivity index (χ4v) is 3.70. The van der Waals surface area contributed by atoms with E-state index in [4.69, 9.17) is 0 Å². The second kappa shape index (κ2) is 6.70. The molecule has 1 saturated carbocycles. The van der Waals surface area contributed by atoms with Crippen molar-refractivity contribution in [3.8, 4) is 0 Å². The van der Waals surface area contributed by atoms with Gasteiger partial charge in [0.2, 0.25) is 11.8 Å². The minimum Gasteiger partial charge on any atom is -0.312 e. The molecule has 0 radical (unpaired) electrons. The molecular formula is C16H28N2O2. The number of nitrogens with one attached hydrogen (secondary N) is 1. The van der Waals surface area contributed by atoms with E-state index in [2.05, 4.69) is 26.1 Å². The first-order valence-corrected chi connectivity index (χ1v) is 8.17. The average molecular weight is 280 g/mol. The van der Waals surface area contributed by atoms with Gasteiger partial charge in [0.15, 0.2) is 0 Å². The molecule has 1 aliphatic carbocycles. The van der Waals surface area contributed by atoms with E-state index < -0.39 is 0 Å². The number of imide groups is 1. The summed E-state index contributed by atoms with van der Waals surface area (Å²) in [6.45, 7) is 7.93. The van der Waals surface area contributed by atoms with Gasteiger partial charge in [-0.2, -0.15) is 0 Å². The van der Waals surface area contributed by atoms with Crippen molar-refractivity contribution in [1.29, 1.82) is 0 Å². The van der Waals surface area contributed by atoms with Gasteiger partial charge < -0.3 is 5.32 Å². The first kappa shape index (κ1) is 15.5. The van der Waals surface area contributed by atoms with Crippen LogP contribution < -0.4 is 5.32 Å². The smallest absolute Gasteiger partial charge is 0.233 e. The Kier molecular flexibility index (Phi) is 5.19. The maximum absolute atomic E-state index is 12.4. The lowest BCUT2D eigenvalue weighted by molar-refractivity contribution is -0.141. The van der Waals surface area contributed by atoms with Crippen LogP contribution in [0.4, 0.5) is 0 Å². The predicted molar refractivity (Wildman–Crippen MR) is 79.1 cm³/mol. The molecule has 0 bridgehead atoms. The highest BCUT2D eigenvalue weighted by atomic mass is 16.2. The van der Waals surface area contributed by atoms with Crippen LogP contribution in [-0.2, 0) is 9.59 Å². The van der Waals surface area contributed by atoms with Gasteiger partial charge >= 0.3 is 0 Å². The number of hydrogen-bond acceptors (Lipinski definition) is 3. The quantitative estimate of drug-likeness (QED) is 0.727. The predicted octanol–water partition coefficient (Wildman–Crippen LogP) is 2.19. The number of hydrogen-bond donors (Lipinski definition) is 1. The van der Waals surface area contributed by atoms with Crippen molar-refractivity contribution in [2.45, 2.75) is 58.9 Å². The molecule has 0 aromatic heterocycles. The van der Waals surface area contributed by atoms with E-state index in [0.717, 1.165) is 38.6 Å². The van der Waals surface area contributed by atoms with E-state index in [9.17, 15) is 9.59 Å². The molecule has 0 aromatic carbocycles. The fraction of sp³-hybridized carbons (Fsp3) is 0.875. The standard InChI is InChI=1S/C16H28N2O2/c1-4-6-12(17-7-5-2)10-18-15(19)13-8-11(3)9-14(13)16(18)20/h11-14,17H,4-10H2,1-3H3. The third-order valence-electron chi connectivity index (χ3n) is 4.69. The lowest BCUT2D eigenvalue weighted by Gasteiger charge is -2.24. The number of rotatable bonds is 7.